The maximum atomic E-state index is 11.5. The highest BCUT2D eigenvalue weighted by molar-refractivity contribution is 7.89. The molecule has 5 nitrogen and oxygen atoms in total. The van der Waals surface area contributed by atoms with Gasteiger partial charge in [-0.1, -0.05) is 39.0 Å². The first-order valence-electron chi connectivity index (χ1n) is 6.94. The number of unbranched alkanes of at least 4 members (excludes halogenated alkanes) is 5. The highest BCUT2D eigenvalue weighted by Gasteiger charge is 2.20. The van der Waals surface area contributed by atoms with Crippen LogP contribution >= 0.6 is 0 Å². The molecule has 1 heterocycles. The van der Waals surface area contributed by atoms with Gasteiger partial charge in [0.25, 0.3) is 0 Å². The quantitative estimate of drug-likeness (QED) is 0.746. The lowest BCUT2D eigenvalue weighted by Crippen LogP contribution is -2.14. The maximum absolute atomic E-state index is 11.5. The fraction of sp³-hybridized carbons (Fsp3) is 0.769. The molecule has 0 spiro atoms. The third-order valence-corrected chi connectivity index (χ3v) is 4.48. The van der Waals surface area contributed by atoms with Gasteiger partial charge >= 0.3 is 0 Å². The van der Waals surface area contributed by atoms with E-state index in [9.17, 15) is 8.42 Å². The molecule has 0 bridgehead atoms. The van der Waals surface area contributed by atoms with Crippen LogP contribution in [0.4, 0.5) is 0 Å². The molecule has 2 N–H and O–H groups in total. The molecule has 19 heavy (non-hydrogen) atoms. The maximum Gasteiger partial charge on any atom is 0.241 e. The Bertz CT molecular complexity index is 506. The summed E-state index contributed by atoms with van der Waals surface area (Å²) < 4.78 is 24.7. The van der Waals surface area contributed by atoms with E-state index in [1.807, 2.05) is 0 Å². The van der Waals surface area contributed by atoms with Crippen molar-refractivity contribution in [3.63, 3.8) is 0 Å². The average molecular weight is 287 g/mol. The van der Waals surface area contributed by atoms with E-state index in [-0.39, 0.29) is 4.90 Å². The first kappa shape index (κ1) is 16.2. The molecule has 0 aliphatic carbocycles. The van der Waals surface area contributed by atoms with Crippen LogP contribution < -0.4 is 5.14 Å². The molecule has 1 aromatic rings. The summed E-state index contributed by atoms with van der Waals surface area (Å²) in [4.78, 5) is 0.179. The highest BCUT2D eigenvalue weighted by Crippen LogP contribution is 2.18. The Morgan fingerprint density at radius 1 is 1.11 bits per heavy atom. The van der Waals surface area contributed by atoms with Crippen LogP contribution in [0.1, 0.15) is 56.8 Å². The fourth-order valence-electron chi connectivity index (χ4n) is 2.35. The molecule has 110 valence electrons. The third-order valence-electron chi connectivity index (χ3n) is 3.32. The molecule has 1 rings (SSSR count). The van der Waals surface area contributed by atoms with Crippen molar-refractivity contribution in [1.82, 2.24) is 9.78 Å². The standard InChI is InChI=1S/C13H25N3O2S/c1-4-5-6-7-8-9-10-16-12(3)13(11(2)15-16)19(14,17)18/h4-10H2,1-3H3,(H2,14,17,18). The molecule has 0 fully saturated rings. The molecule has 0 radical (unpaired) electrons. The van der Waals surface area contributed by atoms with Gasteiger partial charge in [0.1, 0.15) is 4.90 Å². The second kappa shape index (κ2) is 7.05. The zero-order valence-electron chi connectivity index (χ0n) is 12.1. The minimum absolute atomic E-state index is 0.179. The Morgan fingerprint density at radius 2 is 1.68 bits per heavy atom. The van der Waals surface area contributed by atoms with Crippen molar-refractivity contribution in [3.8, 4) is 0 Å². The summed E-state index contributed by atoms with van der Waals surface area (Å²) in [5.41, 5.74) is 1.14. The van der Waals surface area contributed by atoms with Crippen LogP contribution in [0.25, 0.3) is 0 Å². The van der Waals surface area contributed by atoms with Crippen molar-refractivity contribution in [2.24, 2.45) is 5.14 Å². The molecule has 0 amide bonds. The number of aryl methyl sites for hydroxylation is 2. The van der Waals surface area contributed by atoms with Crippen molar-refractivity contribution in [1.29, 1.82) is 0 Å². The van der Waals surface area contributed by atoms with Crippen molar-refractivity contribution < 1.29 is 8.42 Å². The second-order valence-electron chi connectivity index (χ2n) is 5.04. The Labute approximate surface area is 116 Å². The number of hydrogen-bond acceptors (Lipinski definition) is 3. The van der Waals surface area contributed by atoms with E-state index in [1.54, 1.807) is 18.5 Å². The molecule has 1 aromatic heterocycles. The number of hydrogen-bond donors (Lipinski definition) is 1. The number of rotatable bonds is 8. The van der Waals surface area contributed by atoms with Gasteiger partial charge in [-0.25, -0.2) is 13.6 Å². The molecule has 0 aromatic carbocycles. The monoisotopic (exact) mass is 287 g/mol. The van der Waals surface area contributed by atoms with Crippen LogP contribution in [0, 0.1) is 13.8 Å². The van der Waals surface area contributed by atoms with Gasteiger partial charge in [0.05, 0.1) is 11.4 Å². The largest absolute Gasteiger partial charge is 0.268 e. The topological polar surface area (TPSA) is 78.0 Å². The zero-order chi connectivity index (χ0) is 14.5. The smallest absolute Gasteiger partial charge is 0.241 e. The Morgan fingerprint density at radius 3 is 2.21 bits per heavy atom. The van der Waals surface area contributed by atoms with Gasteiger partial charge < -0.3 is 0 Å². The van der Waals surface area contributed by atoms with E-state index in [2.05, 4.69) is 12.0 Å². The summed E-state index contributed by atoms with van der Waals surface area (Å²) in [6.07, 6.45) is 7.22. The number of nitrogens with two attached hydrogens (primary N) is 1. The van der Waals surface area contributed by atoms with E-state index >= 15 is 0 Å². The predicted octanol–water partition coefficient (Wildman–Crippen LogP) is 2.51. The molecular formula is C13H25N3O2S. The van der Waals surface area contributed by atoms with E-state index in [1.165, 1.54) is 25.7 Å². The van der Waals surface area contributed by atoms with Gasteiger partial charge in [-0.15, -0.1) is 0 Å². The van der Waals surface area contributed by atoms with Crippen LogP contribution in [0.3, 0.4) is 0 Å². The lowest BCUT2D eigenvalue weighted by Gasteiger charge is -2.05. The van der Waals surface area contributed by atoms with Gasteiger partial charge in [0.2, 0.25) is 10.0 Å². The first-order valence-corrected chi connectivity index (χ1v) is 8.49. The van der Waals surface area contributed by atoms with Gasteiger partial charge in [0, 0.05) is 6.54 Å². The first-order chi connectivity index (χ1) is 8.88. The fourth-order valence-corrected chi connectivity index (χ4v) is 3.32. The van der Waals surface area contributed by atoms with Crippen LogP contribution in [-0.2, 0) is 16.6 Å². The molecule has 0 atom stereocenters. The molecule has 0 aliphatic rings. The average Bonchev–Trinajstić information content (AvgIpc) is 2.58. The Balaban J connectivity index is 2.57. The Hall–Kier alpha value is -0.880. The number of aromatic nitrogens is 2. The van der Waals surface area contributed by atoms with Crippen molar-refractivity contribution in [2.75, 3.05) is 0 Å². The van der Waals surface area contributed by atoms with Gasteiger partial charge in [0.15, 0.2) is 0 Å². The zero-order valence-corrected chi connectivity index (χ0v) is 13.0. The highest BCUT2D eigenvalue weighted by atomic mass is 32.2. The van der Waals surface area contributed by atoms with Gasteiger partial charge in [-0.05, 0) is 20.3 Å². The van der Waals surface area contributed by atoms with E-state index < -0.39 is 10.0 Å². The molecule has 0 unspecified atom stereocenters. The molecule has 0 saturated heterocycles. The third kappa shape index (κ3) is 4.62. The lowest BCUT2D eigenvalue weighted by molar-refractivity contribution is 0.517. The van der Waals surface area contributed by atoms with Crippen molar-refractivity contribution in [2.45, 2.75) is 70.7 Å². The summed E-state index contributed by atoms with van der Waals surface area (Å²) >= 11 is 0. The van der Waals surface area contributed by atoms with Crippen LogP contribution in [0.2, 0.25) is 0 Å². The normalized spacial score (nSPS) is 12.0. The van der Waals surface area contributed by atoms with E-state index in [0.29, 0.717) is 11.4 Å². The van der Waals surface area contributed by atoms with Crippen molar-refractivity contribution in [3.05, 3.63) is 11.4 Å². The molecule has 0 saturated carbocycles. The van der Waals surface area contributed by atoms with Gasteiger partial charge in [-0.3, -0.25) is 4.68 Å². The second-order valence-corrected chi connectivity index (χ2v) is 6.53. The number of nitrogens with zero attached hydrogens (tertiary/aromatic N) is 2. The summed E-state index contributed by atoms with van der Waals surface area (Å²) in [7, 11) is -3.67. The van der Waals surface area contributed by atoms with Crippen molar-refractivity contribution >= 4 is 10.0 Å². The molecule has 0 aliphatic heterocycles. The minimum Gasteiger partial charge on any atom is -0.268 e. The minimum atomic E-state index is -3.67. The number of primary sulfonamides is 1. The van der Waals surface area contributed by atoms with E-state index in [0.717, 1.165) is 19.4 Å². The van der Waals surface area contributed by atoms with Crippen LogP contribution in [0.5, 0.6) is 0 Å². The Kier molecular flexibility index (Phi) is 6.00. The summed E-state index contributed by atoms with van der Waals surface area (Å²) in [5, 5.41) is 9.47. The summed E-state index contributed by atoms with van der Waals surface area (Å²) in [5.74, 6) is 0. The predicted molar refractivity (Wildman–Crippen MR) is 76.5 cm³/mol. The van der Waals surface area contributed by atoms with E-state index in [4.69, 9.17) is 5.14 Å². The SMILES string of the molecule is CCCCCCCCn1nc(C)c(S(N)(=O)=O)c1C. The van der Waals surface area contributed by atoms with Gasteiger partial charge in [-0.2, -0.15) is 5.10 Å². The summed E-state index contributed by atoms with van der Waals surface area (Å²) in [6, 6.07) is 0. The molecular weight excluding hydrogens is 262 g/mol. The molecule has 6 heteroatoms. The number of sulfonamides is 1. The van der Waals surface area contributed by atoms with Crippen LogP contribution in [0.15, 0.2) is 4.90 Å². The van der Waals surface area contributed by atoms with Crippen LogP contribution in [-0.4, -0.2) is 18.2 Å². The summed E-state index contributed by atoms with van der Waals surface area (Å²) in [6.45, 7) is 6.40. The lowest BCUT2D eigenvalue weighted by atomic mass is 10.1.